The van der Waals surface area contributed by atoms with Gasteiger partial charge in [-0.25, -0.2) is 0 Å². The van der Waals surface area contributed by atoms with Crippen LogP contribution in [0.2, 0.25) is 0 Å². The first kappa shape index (κ1) is 19.5. The first-order valence-electron chi connectivity index (χ1n) is 9.84. The van der Waals surface area contributed by atoms with E-state index in [0.29, 0.717) is 35.3 Å². The summed E-state index contributed by atoms with van der Waals surface area (Å²) in [7, 11) is 0. The average molecular weight is 370 g/mol. The third-order valence-corrected chi connectivity index (χ3v) is 5.29. The minimum absolute atomic E-state index is 0.00122. The minimum Gasteiger partial charge on any atom is -0.348 e. The molecule has 3 rings (SSSR count). The first-order chi connectivity index (χ1) is 12.9. The van der Waals surface area contributed by atoms with Gasteiger partial charge in [-0.3, -0.25) is 4.79 Å². The Balaban J connectivity index is 1.82. The zero-order valence-electron chi connectivity index (χ0n) is 16.5. The fraction of sp³-hybridized carbons (Fsp3) is 0.571. The molecule has 146 valence electrons. The summed E-state index contributed by atoms with van der Waals surface area (Å²) in [6, 6.07) is 7.35. The molecule has 1 aliphatic carbocycles. The SMILES string of the molecule is CC(C)(C)c1noc(-c2ccccc2C(=O)NC(CN)C2CCCCC2)n1. The minimum atomic E-state index is -0.218. The summed E-state index contributed by atoms with van der Waals surface area (Å²) in [5, 5.41) is 7.22. The van der Waals surface area contributed by atoms with Gasteiger partial charge in [0.25, 0.3) is 11.8 Å². The van der Waals surface area contributed by atoms with Crippen LogP contribution in [0.15, 0.2) is 28.8 Å². The summed E-state index contributed by atoms with van der Waals surface area (Å²) in [6.07, 6.45) is 5.96. The highest BCUT2D eigenvalue weighted by molar-refractivity contribution is 6.00. The Morgan fingerprint density at radius 3 is 2.59 bits per heavy atom. The monoisotopic (exact) mass is 370 g/mol. The van der Waals surface area contributed by atoms with Crippen LogP contribution in [0.1, 0.15) is 69.1 Å². The Morgan fingerprint density at radius 2 is 1.96 bits per heavy atom. The highest BCUT2D eigenvalue weighted by Gasteiger charge is 2.27. The van der Waals surface area contributed by atoms with Gasteiger partial charge in [-0.1, -0.05) is 57.3 Å². The van der Waals surface area contributed by atoms with E-state index in [0.717, 1.165) is 12.8 Å². The van der Waals surface area contributed by atoms with Crippen molar-refractivity contribution in [2.45, 2.75) is 64.3 Å². The number of aromatic nitrogens is 2. The Bertz CT molecular complexity index is 772. The summed E-state index contributed by atoms with van der Waals surface area (Å²) in [6.45, 7) is 6.52. The van der Waals surface area contributed by atoms with E-state index < -0.39 is 0 Å². The lowest BCUT2D eigenvalue weighted by molar-refractivity contribution is 0.0916. The van der Waals surface area contributed by atoms with E-state index in [1.807, 2.05) is 39.0 Å². The number of rotatable bonds is 5. The summed E-state index contributed by atoms with van der Waals surface area (Å²) in [5.74, 6) is 1.31. The van der Waals surface area contributed by atoms with Crippen molar-refractivity contribution in [3.8, 4) is 11.5 Å². The lowest BCUT2D eigenvalue weighted by Gasteiger charge is -2.30. The zero-order chi connectivity index (χ0) is 19.4. The highest BCUT2D eigenvalue weighted by Crippen LogP contribution is 2.28. The molecule has 0 radical (unpaired) electrons. The van der Waals surface area contributed by atoms with Crippen molar-refractivity contribution in [3.63, 3.8) is 0 Å². The number of hydrogen-bond acceptors (Lipinski definition) is 5. The standard InChI is InChI=1S/C21H30N4O2/c1-21(2,3)20-24-19(27-25-20)16-12-8-7-11-15(16)18(26)23-17(13-22)14-9-5-4-6-10-14/h7-8,11-12,14,17H,4-6,9-10,13,22H2,1-3H3,(H,23,26). The smallest absolute Gasteiger partial charge is 0.258 e. The van der Waals surface area contributed by atoms with Gasteiger partial charge in [0, 0.05) is 18.0 Å². The highest BCUT2D eigenvalue weighted by atomic mass is 16.5. The first-order valence-corrected chi connectivity index (χ1v) is 9.84. The van der Waals surface area contributed by atoms with Crippen LogP contribution in [0.5, 0.6) is 0 Å². The normalized spacial score (nSPS) is 16.9. The number of hydrogen-bond donors (Lipinski definition) is 2. The Kier molecular flexibility index (Phi) is 5.95. The molecular formula is C21H30N4O2. The summed E-state index contributed by atoms with van der Waals surface area (Å²) in [4.78, 5) is 17.5. The molecule has 0 aliphatic heterocycles. The van der Waals surface area contributed by atoms with Gasteiger partial charge in [0.1, 0.15) is 0 Å². The van der Waals surface area contributed by atoms with Crippen LogP contribution in [0.25, 0.3) is 11.5 Å². The van der Waals surface area contributed by atoms with Crippen molar-refractivity contribution in [2.24, 2.45) is 11.7 Å². The van der Waals surface area contributed by atoms with E-state index in [2.05, 4.69) is 15.5 Å². The Labute approximate surface area is 160 Å². The van der Waals surface area contributed by atoms with Crippen LogP contribution in [-0.2, 0) is 5.41 Å². The largest absolute Gasteiger partial charge is 0.348 e. The fourth-order valence-corrected chi connectivity index (χ4v) is 3.66. The van der Waals surface area contributed by atoms with Crippen molar-refractivity contribution < 1.29 is 9.32 Å². The Hall–Kier alpha value is -2.21. The molecule has 27 heavy (non-hydrogen) atoms. The molecule has 1 aromatic heterocycles. The lowest BCUT2D eigenvalue weighted by atomic mass is 9.83. The molecule has 2 aromatic rings. The molecule has 1 amide bonds. The van der Waals surface area contributed by atoms with Gasteiger partial charge >= 0.3 is 0 Å². The summed E-state index contributed by atoms with van der Waals surface area (Å²) in [5.41, 5.74) is 6.95. The van der Waals surface area contributed by atoms with E-state index in [-0.39, 0.29) is 17.4 Å². The van der Waals surface area contributed by atoms with Gasteiger partial charge in [0.2, 0.25) is 0 Å². The van der Waals surface area contributed by atoms with Crippen LogP contribution in [-0.4, -0.2) is 28.6 Å². The van der Waals surface area contributed by atoms with Crippen LogP contribution in [0.3, 0.4) is 0 Å². The summed E-state index contributed by atoms with van der Waals surface area (Å²) >= 11 is 0. The molecule has 6 heteroatoms. The van der Waals surface area contributed by atoms with Crippen LogP contribution in [0.4, 0.5) is 0 Å². The van der Waals surface area contributed by atoms with Gasteiger partial charge in [-0.05, 0) is 30.9 Å². The maximum atomic E-state index is 13.0. The van der Waals surface area contributed by atoms with Gasteiger partial charge < -0.3 is 15.6 Å². The zero-order valence-corrected chi connectivity index (χ0v) is 16.5. The molecule has 1 atom stereocenters. The molecule has 0 spiro atoms. The molecule has 3 N–H and O–H groups in total. The Morgan fingerprint density at radius 1 is 1.26 bits per heavy atom. The van der Waals surface area contributed by atoms with Crippen molar-refractivity contribution in [1.82, 2.24) is 15.5 Å². The number of nitrogens with one attached hydrogen (secondary N) is 1. The number of nitrogens with two attached hydrogens (primary N) is 1. The number of carbonyl (C=O) groups is 1. The van der Waals surface area contributed by atoms with Crippen LogP contribution < -0.4 is 11.1 Å². The molecule has 1 aromatic carbocycles. The van der Waals surface area contributed by atoms with Gasteiger partial charge in [0.05, 0.1) is 11.1 Å². The van der Waals surface area contributed by atoms with Crippen LogP contribution in [0, 0.1) is 5.92 Å². The van der Waals surface area contributed by atoms with E-state index in [1.165, 1.54) is 19.3 Å². The van der Waals surface area contributed by atoms with E-state index >= 15 is 0 Å². The molecule has 1 aliphatic rings. The van der Waals surface area contributed by atoms with Crippen molar-refractivity contribution in [3.05, 3.63) is 35.7 Å². The topological polar surface area (TPSA) is 94.0 Å². The quantitative estimate of drug-likeness (QED) is 0.837. The van der Waals surface area contributed by atoms with Gasteiger partial charge in [-0.2, -0.15) is 4.98 Å². The predicted octanol–water partition coefficient (Wildman–Crippen LogP) is 3.67. The fourth-order valence-electron chi connectivity index (χ4n) is 3.66. The van der Waals surface area contributed by atoms with Gasteiger partial charge in [-0.15, -0.1) is 0 Å². The average Bonchev–Trinajstić information content (AvgIpc) is 3.17. The third-order valence-electron chi connectivity index (χ3n) is 5.29. The molecule has 1 heterocycles. The molecule has 1 unspecified atom stereocenters. The van der Waals surface area contributed by atoms with E-state index in [1.54, 1.807) is 6.07 Å². The van der Waals surface area contributed by atoms with Crippen LogP contribution >= 0.6 is 0 Å². The van der Waals surface area contributed by atoms with E-state index in [9.17, 15) is 4.79 Å². The second-order valence-electron chi connectivity index (χ2n) is 8.43. The van der Waals surface area contributed by atoms with Crippen molar-refractivity contribution >= 4 is 5.91 Å². The molecular weight excluding hydrogens is 340 g/mol. The van der Waals surface area contributed by atoms with Crippen molar-refractivity contribution in [1.29, 1.82) is 0 Å². The molecule has 1 fully saturated rings. The molecule has 1 saturated carbocycles. The molecule has 6 nitrogen and oxygen atoms in total. The van der Waals surface area contributed by atoms with Crippen molar-refractivity contribution in [2.75, 3.05) is 6.54 Å². The maximum Gasteiger partial charge on any atom is 0.258 e. The van der Waals surface area contributed by atoms with E-state index in [4.69, 9.17) is 10.3 Å². The summed E-state index contributed by atoms with van der Waals surface area (Å²) < 4.78 is 5.45. The number of amides is 1. The molecule has 0 saturated heterocycles. The molecule has 0 bridgehead atoms. The number of benzene rings is 1. The second-order valence-corrected chi connectivity index (χ2v) is 8.43. The van der Waals surface area contributed by atoms with Gasteiger partial charge in [0.15, 0.2) is 5.82 Å². The number of carbonyl (C=O) groups excluding carboxylic acids is 1. The number of nitrogens with zero attached hydrogens (tertiary/aromatic N) is 2. The predicted molar refractivity (Wildman–Crippen MR) is 105 cm³/mol. The second kappa shape index (κ2) is 8.21. The third kappa shape index (κ3) is 4.56. The lowest BCUT2D eigenvalue weighted by Crippen LogP contribution is -2.46. The maximum absolute atomic E-state index is 13.0.